The molecule has 0 aliphatic carbocycles. The Kier molecular flexibility index (Phi) is 5.17. The second-order valence-electron chi connectivity index (χ2n) is 3.52. The van der Waals surface area contributed by atoms with Gasteiger partial charge in [0.15, 0.2) is 0 Å². The molecule has 1 heterocycles. The molecule has 0 spiro atoms. The van der Waals surface area contributed by atoms with Crippen LogP contribution in [0.25, 0.3) is 0 Å². The van der Waals surface area contributed by atoms with E-state index in [4.69, 9.17) is 5.11 Å². The molecule has 1 aromatic rings. The summed E-state index contributed by atoms with van der Waals surface area (Å²) in [5.41, 5.74) is -0.0582. The van der Waals surface area contributed by atoms with Gasteiger partial charge in [0.05, 0.1) is 11.5 Å². The Labute approximate surface area is 104 Å². The summed E-state index contributed by atoms with van der Waals surface area (Å²) in [4.78, 5) is 14.3. The van der Waals surface area contributed by atoms with Gasteiger partial charge >= 0.3 is 5.69 Å². The van der Waals surface area contributed by atoms with E-state index in [0.29, 0.717) is 0 Å². The lowest BCUT2D eigenvalue weighted by molar-refractivity contribution is -0.384. The van der Waals surface area contributed by atoms with E-state index in [1.807, 2.05) is 13.2 Å². The van der Waals surface area contributed by atoms with Crippen LogP contribution in [0.5, 0.6) is 0 Å². The lowest BCUT2D eigenvalue weighted by Gasteiger charge is -2.21. The van der Waals surface area contributed by atoms with Gasteiger partial charge in [0.2, 0.25) is 5.82 Å². The van der Waals surface area contributed by atoms with Crippen molar-refractivity contribution in [3.63, 3.8) is 0 Å². The largest absolute Gasteiger partial charge is 0.395 e. The van der Waals surface area contributed by atoms with Crippen molar-refractivity contribution < 1.29 is 10.0 Å². The minimum Gasteiger partial charge on any atom is -0.395 e. The molecule has 0 aliphatic rings. The maximum atomic E-state index is 10.8. The molecule has 0 radical (unpaired) electrons. The first-order valence-electron chi connectivity index (χ1n) is 5.09. The van der Waals surface area contributed by atoms with E-state index in [1.165, 1.54) is 30.1 Å². The van der Waals surface area contributed by atoms with Crippen LogP contribution in [0.15, 0.2) is 18.3 Å². The highest BCUT2D eigenvalue weighted by Gasteiger charge is 2.20. The van der Waals surface area contributed by atoms with Crippen LogP contribution in [0.3, 0.4) is 0 Å². The first kappa shape index (κ1) is 13.7. The van der Waals surface area contributed by atoms with E-state index in [9.17, 15) is 10.1 Å². The fourth-order valence-electron chi connectivity index (χ4n) is 1.40. The lowest BCUT2D eigenvalue weighted by atomic mass is 10.2. The van der Waals surface area contributed by atoms with Crippen LogP contribution in [0.4, 0.5) is 11.5 Å². The fourth-order valence-corrected chi connectivity index (χ4v) is 2.03. The zero-order valence-electron chi connectivity index (χ0n) is 9.66. The zero-order valence-corrected chi connectivity index (χ0v) is 10.5. The Morgan fingerprint density at radius 1 is 1.71 bits per heavy atom. The molecule has 1 rings (SSSR count). The third-order valence-electron chi connectivity index (χ3n) is 2.39. The van der Waals surface area contributed by atoms with Crippen LogP contribution >= 0.6 is 11.8 Å². The molecule has 0 aliphatic heterocycles. The number of hydrogen-bond acceptors (Lipinski definition) is 6. The monoisotopic (exact) mass is 257 g/mol. The minimum absolute atomic E-state index is 0.00989. The molecule has 7 heteroatoms. The van der Waals surface area contributed by atoms with Crippen molar-refractivity contribution in [3.05, 3.63) is 28.4 Å². The van der Waals surface area contributed by atoms with E-state index in [-0.39, 0.29) is 29.4 Å². The summed E-state index contributed by atoms with van der Waals surface area (Å²) in [5, 5.41) is 22.9. The Morgan fingerprint density at radius 2 is 2.41 bits per heavy atom. The molecule has 94 valence electrons. The molecule has 2 atom stereocenters. The van der Waals surface area contributed by atoms with Gasteiger partial charge in [-0.1, -0.05) is 0 Å². The van der Waals surface area contributed by atoms with E-state index in [1.54, 1.807) is 0 Å². The van der Waals surface area contributed by atoms with Crippen molar-refractivity contribution in [2.24, 2.45) is 0 Å². The Hall–Kier alpha value is -1.34. The number of hydrogen-bond donors (Lipinski definition) is 2. The predicted octanol–water partition coefficient (Wildman–Crippen LogP) is 1.51. The topological polar surface area (TPSA) is 88.3 Å². The van der Waals surface area contributed by atoms with Crippen LogP contribution in [-0.4, -0.2) is 39.2 Å². The second-order valence-corrected chi connectivity index (χ2v) is 4.59. The van der Waals surface area contributed by atoms with Gasteiger partial charge in [-0.15, -0.1) is 0 Å². The predicted molar refractivity (Wildman–Crippen MR) is 68.4 cm³/mol. The second kappa shape index (κ2) is 6.41. The number of nitro groups is 1. The van der Waals surface area contributed by atoms with E-state index in [0.717, 1.165) is 0 Å². The van der Waals surface area contributed by atoms with Crippen molar-refractivity contribution in [3.8, 4) is 0 Å². The smallest absolute Gasteiger partial charge is 0.311 e. The van der Waals surface area contributed by atoms with Crippen molar-refractivity contribution in [2.45, 2.75) is 18.2 Å². The molecule has 1 aromatic heterocycles. The third kappa shape index (κ3) is 3.57. The summed E-state index contributed by atoms with van der Waals surface area (Å²) in [6.07, 6.45) is 3.38. The van der Waals surface area contributed by atoms with Gasteiger partial charge in [0.1, 0.15) is 0 Å². The van der Waals surface area contributed by atoms with Crippen LogP contribution in [-0.2, 0) is 0 Å². The molecule has 0 bridgehead atoms. The number of nitrogens with one attached hydrogen (secondary N) is 1. The number of nitrogens with zero attached hydrogens (tertiary/aromatic N) is 2. The average Bonchev–Trinajstić information content (AvgIpc) is 2.31. The highest BCUT2D eigenvalue weighted by atomic mass is 32.2. The van der Waals surface area contributed by atoms with E-state index >= 15 is 0 Å². The number of rotatable bonds is 6. The fraction of sp³-hybridized carbons (Fsp3) is 0.500. The minimum atomic E-state index is -0.477. The number of aromatic nitrogens is 1. The molecule has 0 aromatic carbocycles. The Balaban J connectivity index is 2.84. The summed E-state index contributed by atoms with van der Waals surface area (Å²) in [6, 6.07) is 2.81. The molecule has 0 fully saturated rings. The zero-order chi connectivity index (χ0) is 12.8. The van der Waals surface area contributed by atoms with Crippen LogP contribution in [0.2, 0.25) is 0 Å². The summed E-state index contributed by atoms with van der Waals surface area (Å²) in [7, 11) is 0. The van der Waals surface area contributed by atoms with Gasteiger partial charge in [0, 0.05) is 23.6 Å². The molecule has 2 unspecified atom stereocenters. The average molecular weight is 257 g/mol. The highest BCUT2D eigenvalue weighted by Crippen LogP contribution is 2.23. The Bertz CT molecular complexity index is 385. The lowest BCUT2D eigenvalue weighted by Crippen LogP contribution is -2.31. The van der Waals surface area contributed by atoms with Crippen molar-refractivity contribution in [1.29, 1.82) is 0 Å². The van der Waals surface area contributed by atoms with Gasteiger partial charge in [-0.25, -0.2) is 4.98 Å². The quantitative estimate of drug-likeness (QED) is 0.593. The highest BCUT2D eigenvalue weighted by molar-refractivity contribution is 7.99. The van der Waals surface area contributed by atoms with Crippen molar-refractivity contribution in [2.75, 3.05) is 18.2 Å². The molecule has 0 saturated carbocycles. The normalized spacial score (nSPS) is 14.1. The summed E-state index contributed by atoms with van der Waals surface area (Å²) in [5.74, 6) is 0.234. The van der Waals surface area contributed by atoms with Crippen LogP contribution < -0.4 is 5.32 Å². The third-order valence-corrected chi connectivity index (χ3v) is 3.55. The maximum Gasteiger partial charge on any atom is 0.311 e. The number of thioether (sulfide) groups is 1. The molecule has 0 amide bonds. The SMILES string of the molecule is CSC(CO)C(C)Nc1ncccc1[N+](=O)[O-]. The Morgan fingerprint density at radius 3 is 2.94 bits per heavy atom. The molecule has 17 heavy (non-hydrogen) atoms. The van der Waals surface area contributed by atoms with E-state index in [2.05, 4.69) is 10.3 Å². The molecular formula is C10H15N3O3S. The van der Waals surface area contributed by atoms with Gasteiger partial charge in [0.25, 0.3) is 0 Å². The molecule has 2 N–H and O–H groups in total. The molecular weight excluding hydrogens is 242 g/mol. The summed E-state index contributed by atoms with van der Waals surface area (Å²) in [6.45, 7) is 1.87. The van der Waals surface area contributed by atoms with Gasteiger partial charge < -0.3 is 10.4 Å². The van der Waals surface area contributed by atoms with Gasteiger partial charge in [-0.3, -0.25) is 10.1 Å². The maximum absolute atomic E-state index is 10.8. The number of aliphatic hydroxyl groups excluding tert-OH is 1. The number of anilines is 1. The van der Waals surface area contributed by atoms with Crippen molar-refractivity contribution >= 4 is 23.3 Å². The molecule has 6 nitrogen and oxygen atoms in total. The van der Waals surface area contributed by atoms with Gasteiger partial charge in [-0.2, -0.15) is 11.8 Å². The molecule has 0 saturated heterocycles. The summed E-state index contributed by atoms with van der Waals surface area (Å²) >= 11 is 1.50. The van der Waals surface area contributed by atoms with Crippen LogP contribution in [0.1, 0.15) is 6.92 Å². The van der Waals surface area contributed by atoms with Crippen molar-refractivity contribution in [1.82, 2.24) is 4.98 Å². The van der Waals surface area contributed by atoms with E-state index < -0.39 is 4.92 Å². The first-order chi connectivity index (χ1) is 8.10. The number of aliphatic hydroxyl groups is 1. The van der Waals surface area contributed by atoms with Gasteiger partial charge in [-0.05, 0) is 19.2 Å². The standard InChI is InChI=1S/C10H15N3O3S/c1-7(9(6-14)17-2)12-10-8(13(15)16)4-3-5-11-10/h3-5,7,9,14H,6H2,1-2H3,(H,11,12). The summed E-state index contributed by atoms with van der Waals surface area (Å²) < 4.78 is 0. The van der Waals surface area contributed by atoms with Crippen LogP contribution in [0, 0.1) is 10.1 Å². The first-order valence-corrected chi connectivity index (χ1v) is 6.38. The number of pyridine rings is 1.